The van der Waals surface area contributed by atoms with Crippen LogP contribution in [-0.2, 0) is 17.8 Å². The molecule has 0 saturated carbocycles. The van der Waals surface area contributed by atoms with Crippen LogP contribution in [0.1, 0.15) is 19.2 Å². The van der Waals surface area contributed by atoms with Gasteiger partial charge < -0.3 is 15.4 Å². The maximum atomic E-state index is 10.8. The summed E-state index contributed by atoms with van der Waals surface area (Å²) in [6.07, 6.45) is 1.22. The minimum absolute atomic E-state index is 0.254. The summed E-state index contributed by atoms with van der Waals surface area (Å²) in [6.45, 7) is 2.90. The van der Waals surface area contributed by atoms with E-state index in [9.17, 15) is 4.79 Å². The number of aryl methyl sites for hydroxylation is 1. The topological polar surface area (TPSA) is 81.1 Å². The largest absolute Gasteiger partial charge is 0.480 e. The van der Waals surface area contributed by atoms with Crippen LogP contribution in [0.2, 0.25) is 0 Å². The number of carboxylic acids is 1. The highest BCUT2D eigenvalue weighted by Gasteiger charge is 2.17. The number of hydrogen-bond acceptors (Lipinski definition) is 3. The zero-order chi connectivity index (χ0) is 13.1. The molecular formula is C13H17N3O2. The van der Waals surface area contributed by atoms with Crippen LogP contribution >= 0.6 is 0 Å². The fourth-order valence-corrected chi connectivity index (χ4v) is 2.04. The number of carboxylic acid groups (broad SMARTS) is 1. The van der Waals surface area contributed by atoms with E-state index in [4.69, 9.17) is 10.8 Å². The van der Waals surface area contributed by atoms with Crippen LogP contribution in [0.4, 0.5) is 0 Å². The SMILES string of the molecule is CCCn1c(CC(N)C(=O)O)nc2ccccc21. The summed E-state index contributed by atoms with van der Waals surface area (Å²) < 4.78 is 2.05. The van der Waals surface area contributed by atoms with Crippen molar-refractivity contribution in [3.05, 3.63) is 30.1 Å². The van der Waals surface area contributed by atoms with Crippen LogP contribution in [0.15, 0.2) is 24.3 Å². The Kier molecular flexibility index (Phi) is 3.62. The van der Waals surface area contributed by atoms with Crippen LogP contribution in [0.25, 0.3) is 11.0 Å². The third kappa shape index (κ3) is 2.36. The first-order chi connectivity index (χ1) is 8.63. The Hall–Kier alpha value is -1.88. The lowest BCUT2D eigenvalue weighted by Crippen LogP contribution is -2.33. The first-order valence-electron chi connectivity index (χ1n) is 6.06. The molecule has 0 bridgehead atoms. The molecule has 1 heterocycles. The monoisotopic (exact) mass is 247 g/mol. The van der Waals surface area contributed by atoms with Gasteiger partial charge in [0.15, 0.2) is 0 Å². The molecule has 0 saturated heterocycles. The molecule has 3 N–H and O–H groups in total. The van der Waals surface area contributed by atoms with Crippen LogP contribution < -0.4 is 5.73 Å². The standard InChI is InChI=1S/C13H17N3O2/c1-2-7-16-11-6-4-3-5-10(11)15-12(16)8-9(14)13(17)18/h3-6,9H,2,7-8,14H2,1H3,(H,17,18). The van der Waals surface area contributed by atoms with Crippen LogP contribution in [0, 0.1) is 0 Å². The van der Waals surface area contributed by atoms with Crippen molar-refractivity contribution in [1.29, 1.82) is 0 Å². The molecule has 0 spiro atoms. The van der Waals surface area contributed by atoms with Gasteiger partial charge in [-0.3, -0.25) is 4.79 Å². The summed E-state index contributed by atoms with van der Waals surface area (Å²) in [7, 11) is 0. The van der Waals surface area contributed by atoms with Gasteiger partial charge in [-0.25, -0.2) is 4.98 Å². The van der Waals surface area contributed by atoms with E-state index in [2.05, 4.69) is 16.5 Å². The Morgan fingerprint density at radius 2 is 2.22 bits per heavy atom. The Balaban J connectivity index is 2.42. The van der Waals surface area contributed by atoms with Crippen LogP contribution in [-0.4, -0.2) is 26.7 Å². The molecule has 0 amide bonds. The van der Waals surface area contributed by atoms with Gasteiger partial charge in [0.25, 0.3) is 0 Å². The van der Waals surface area contributed by atoms with Crippen LogP contribution in [0.5, 0.6) is 0 Å². The second-order valence-corrected chi connectivity index (χ2v) is 4.32. The fourth-order valence-electron chi connectivity index (χ4n) is 2.04. The van der Waals surface area contributed by atoms with Crippen molar-refractivity contribution in [2.75, 3.05) is 0 Å². The predicted octanol–water partition coefficient (Wildman–Crippen LogP) is 1.40. The number of carbonyl (C=O) groups is 1. The molecule has 0 fully saturated rings. The predicted molar refractivity (Wildman–Crippen MR) is 69.3 cm³/mol. The summed E-state index contributed by atoms with van der Waals surface area (Å²) in [4.78, 5) is 15.3. The second-order valence-electron chi connectivity index (χ2n) is 4.32. The lowest BCUT2D eigenvalue weighted by molar-refractivity contribution is -0.138. The maximum absolute atomic E-state index is 10.8. The molecule has 18 heavy (non-hydrogen) atoms. The summed E-state index contributed by atoms with van der Waals surface area (Å²) in [5.74, 6) is -0.252. The Morgan fingerprint density at radius 3 is 2.89 bits per heavy atom. The Labute approximate surface area is 105 Å². The normalized spacial score (nSPS) is 12.8. The molecule has 2 aromatic rings. The maximum Gasteiger partial charge on any atom is 0.320 e. The van der Waals surface area contributed by atoms with E-state index in [1.54, 1.807) is 0 Å². The molecule has 0 aliphatic heterocycles. The summed E-state index contributed by atoms with van der Waals surface area (Å²) in [6, 6.07) is 6.90. The second kappa shape index (κ2) is 5.18. The molecule has 1 aromatic carbocycles. The van der Waals surface area contributed by atoms with Gasteiger partial charge in [0, 0.05) is 13.0 Å². The fraction of sp³-hybridized carbons (Fsp3) is 0.385. The molecule has 0 radical (unpaired) electrons. The van der Waals surface area contributed by atoms with Gasteiger partial charge in [-0.15, -0.1) is 0 Å². The van der Waals surface area contributed by atoms with Crippen LogP contribution in [0.3, 0.4) is 0 Å². The molecule has 1 aromatic heterocycles. The molecule has 2 rings (SSSR count). The zero-order valence-electron chi connectivity index (χ0n) is 10.3. The van der Waals surface area contributed by atoms with Gasteiger partial charge in [0.2, 0.25) is 0 Å². The highest BCUT2D eigenvalue weighted by Crippen LogP contribution is 2.17. The highest BCUT2D eigenvalue weighted by atomic mass is 16.4. The van der Waals surface area contributed by atoms with E-state index in [1.807, 2.05) is 24.3 Å². The van der Waals surface area contributed by atoms with Gasteiger partial charge in [0.1, 0.15) is 11.9 Å². The Morgan fingerprint density at radius 1 is 1.50 bits per heavy atom. The Bertz CT molecular complexity index is 562. The quantitative estimate of drug-likeness (QED) is 0.836. The van der Waals surface area contributed by atoms with Crippen molar-refractivity contribution in [1.82, 2.24) is 9.55 Å². The number of nitrogens with zero attached hydrogens (tertiary/aromatic N) is 2. The first-order valence-corrected chi connectivity index (χ1v) is 6.06. The number of rotatable bonds is 5. The van der Waals surface area contributed by atoms with E-state index < -0.39 is 12.0 Å². The third-order valence-corrected chi connectivity index (χ3v) is 2.90. The number of para-hydroxylation sites is 2. The lowest BCUT2D eigenvalue weighted by atomic mass is 10.2. The molecule has 0 aliphatic carbocycles. The minimum atomic E-state index is -0.995. The number of hydrogen-bond donors (Lipinski definition) is 2. The zero-order valence-corrected chi connectivity index (χ0v) is 10.3. The molecule has 0 aliphatic rings. The van der Waals surface area contributed by atoms with E-state index in [0.29, 0.717) is 0 Å². The van der Waals surface area contributed by atoms with Crippen molar-refractivity contribution in [3.8, 4) is 0 Å². The molecule has 5 nitrogen and oxygen atoms in total. The number of benzene rings is 1. The molecule has 5 heteroatoms. The van der Waals surface area contributed by atoms with Crippen molar-refractivity contribution in [2.24, 2.45) is 5.73 Å². The minimum Gasteiger partial charge on any atom is -0.480 e. The van der Waals surface area contributed by atoms with Gasteiger partial charge in [-0.05, 0) is 18.6 Å². The molecular weight excluding hydrogens is 230 g/mol. The van der Waals surface area contributed by atoms with Crippen molar-refractivity contribution >= 4 is 17.0 Å². The molecule has 1 atom stereocenters. The van der Waals surface area contributed by atoms with E-state index >= 15 is 0 Å². The summed E-state index contributed by atoms with van der Waals surface area (Å²) in [5.41, 5.74) is 7.50. The van der Waals surface area contributed by atoms with Crippen molar-refractivity contribution in [2.45, 2.75) is 32.4 Å². The van der Waals surface area contributed by atoms with Gasteiger partial charge in [-0.2, -0.15) is 0 Å². The first kappa shape index (κ1) is 12.6. The third-order valence-electron chi connectivity index (χ3n) is 2.90. The molecule has 1 unspecified atom stereocenters. The smallest absolute Gasteiger partial charge is 0.320 e. The van der Waals surface area contributed by atoms with E-state index in [-0.39, 0.29) is 6.42 Å². The van der Waals surface area contributed by atoms with Crippen molar-refractivity contribution < 1.29 is 9.90 Å². The van der Waals surface area contributed by atoms with Gasteiger partial charge >= 0.3 is 5.97 Å². The average Bonchev–Trinajstić information content (AvgIpc) is 2.68. The summed E-state index contributed by atoms with van der Waals surface area (Å²) in [5, 5.41) is 8.88. The van der Waals surface area contributed by atoms with E-state index in [1.165, 1.54) is 0 Å². The number of fused-ring (bicyclic) bond motifs is 1. The summed E-state index contributed by atoms with van der Waals surface area (Å²) >= 11 is 0. The number of nitrogens with two attached hydrogens (primary N) is 1. The number of aliphatic carboxylic acids is 1. The van der Waals surface area contributed by atoms with Crippen molar-refractivity contribution in [3.63, 3.8) is 0 Å². The molecule has 96 valence electrons. The van der Waals surface area contributed by atoms with Gasteiger partial charge in [0.05, 0.1) is 11.0 Å². The van der Waals surface area contributed by atoms with E-state index in [0.717, 1.165) is 29.8 Å². The van der Waals surface area contributed by atoms with Gasteiger partial charge in [-0.1, -0.05) is 19.1 Å². The number of aromatic nitrogens is 2. The lowest BCUT2D eigenvalue weighted by Gasteiger charge is -2.09. The average molecular weight is 247 g/mol. The highest BCUT2D eigenvalue weighted by molar-refractivity contribution is 5.77. The number of imidazole rings is 1.